The van der Waals surface area contributed by atoms with E-state index in [0.717, 1.165) is 32.5 Å². The summed E-state index contributed by atoms with van der Waals surface area (Å²) in [6.07, 6.45) is 4.31. The minimum absolute atomic E-state index is 0.680. The van der Waals surface area contributed by atoms with Crippen LogP contribution in [0.5, 0.6) is 0 Å². The van der Waals surface area contributed by atoms with Crippen LogP contribution in [-0.2, 0) is 6.42 Å². The molecule has 0 bridgehead atoms. The van der Waals surface area contributed by atoms with Crippen LogP contribution >= 0.6 is 11.8 Å². The van der Waals surface area contributed by atoms with Crippen molar-refractivity contribution in [3.8, 4) is 0 Å². The van der Waals surface area contributed by atoms with Crippen molar-refractivity contribution in [1.82, 2.24) is 5.32 Å². The van der Waals surface area contributed by atoms with Crippen molar-refractivity contribution >= 4 is 11.8 Å². The highest BCUT2D eigenvalue weighted by Crippen LogP contribution is 2.14. The standard InChI is InChI=1S/C14H24N2S/c1-12(7-9-15)11-16-10-8-13-3-5-14(17-2)6-4-13/h3-6,12,16H,7-11,15H2,1-2H3. The smallest absolute Gasteiger partial charge is 0.00693 e. The van der Waals surface area contributed by atoms with E-state index < -0.39 is 0 Å². The molecule has 0 aliphatic rings. The number of rotatable bonds is 8. The number of hydrogen-bond donors (Lipinski definition) is 2. The van der Waals surface area contributed by atoms with Crippen LogP contribution in [-0.4, -0.2) is 25.9 Å². The van der Waals surface area contributed by atoms with Crippen molar-refractivity contribution in [1.29, 1.82) is 0 Å². The zero-order chi connectivity index (χ0) is 12.5. The summed E-state index contributed by atoms with van der Waals surface area (Å²) >= 11 is 1.79. The van der Waals surface area contributed by atoms with Gasteiger partial charge in [-0.1, -0.05) is 19.1 Å². The zero-order valence-corrected chi connectivity index (χ0v) is 11.7. The molecular formula is C14H24N2S. The summed E-state index contributed by atoms with van der Waals surface area (Å²) in [5, 5.41) is 3.49. The van der Waals surface area contributed by atoms with Gasteiger partial charge in [0.25, 0.3) is 0 Å². The summed E-state index contributed by atoms with van der Waals surface area (Å²) in [4.78, 5) is 1.33. The Morgan fingerprint density at radius 1 is 1.29 bits per heavy atom. The van der Waals surface area contributed by atoms with Gasteiger partial charge in [-0.15, -0.1) is 11.8 Å². The van der Waals surface area contributed by atoms with Gasteiger partial charge in [0.1, 0.15) is 0 Å². The molecule has 96 valence electrons. The molecule has 1 atom stereocenters. The van der Waals surface area contributed by atoms with Crippen molar-refractivity contribution in [2.45, 2.75) is 24.7 Å². The molecule has 3 N–H and O–H groups in total. The summed E-state index contributed by atoms with van der Waals surface area (Å²) in [5.41, 5.74) is 6.93. The number of hydrogen-bond acceptors (Lipinski definition) is 3. The van der Waals surface area contributed by atoms with Crippen molar-refractivity contribution in [3.05, 3.63) is 29.8 Å². The predicted octanol–water partition coefficient (Wildman–Crippen LogP) is 2.53. The maximum absolute atomic E-state index is 5.52. The maximum Gasteiger partial charge on any atom is 0.00693 e. The van der Waals surface area contributed by atoms with Gasteiger partial charge in [-0.25, -0.2) is 0 Å². The molecule has 1 rings (SSSR count). The van der Waals surface area contributed by atoms with Crippen LogP contribution < -0.4 is 11.1 Å². The highest BCUT2D eigenvalue weighted by atomic mass is 32.2. The minimum Gasteiger partial charge on any atom is -0.330 e. The minimum atomic E-state index is 0.680. The van der Waals surface area contributed by atoms with E-state index in [1.807, 2.05) is 0 Å². The van der Waals surface area contributed by atoms with Crippen molar-refractivity contribution in [2.75, 3.05) is 25.9 Å². The molecular weight excluding hydrogens is 228 g/mol. The first-order chi connectivity index (χ1) is 8.26. The van der Waals surface area contributed by atoms with Gasteiger partial charge in [0.15, 0.2) is 0 Å². The van der Waals surface area contributed by atoms with Crippen LogP contribution in [0.3, 0.4) is 0 Å². The molecule has 1 aromatic carbocycles. The number of nitrogens with two attached hydrogens (primary N) is 1. The monoisotopic (exact) mass is 252 g/mol. The molecule has 0 heterocycles. The maximum atomic E-state index is 5.52. The normalized spacial score (nSPS) is 12.6. The predicted molar refractivity (Wildman–Crippen MR) is 77.6 cm³/mol. The first kappa shape index (κ1) is 14.6. The molecule has 17 heavy (non-hydrogen) atoms. The average Bonchev–Trinajstić information content (AvgIpc) is 2.36. The van der Waals surface area contributed by atoms with Gasteiger partial charge in [-0.2, -0.15) is 0 Å². The molecule has 1 aromatic rings. The molecule has 0 aromatic heterocycles. The zero-order valence-electron chi connectivity index (χ0n) is 10.9. The number of thioether (sulfide) groups is 1. The molecule has 0 spiro atoms. The summed E-state index contributed by atoms with van der Waals surface area (Å²) in [6.45, 7) is 5.15. The van der Waals surface area contributed by atoms with E-state index in [2.05, 4.69) is 42.8 Å². The lowest BCUT2D eigenvalue weighted by Gasteiger charge is -2.11. The average molecular weight is 252 g/mol. The Labute approximate surface area is 109 Å². The van der Waals surface area contributed by atoms with Crippen molar-refractivity contribution in [3.63, 3.8) is 0 Å². The fraction of sp³-hybridized carbons (Fsp3) is 0.571. The van der Waals surface area contributed by atoms with Gasteiger partial charge < -0.3 is 11.1 Å². The topological polar surface area (TPSA) is 38.0 Å². The summed E-state index contributed by atoms with van der Waals surface area (Å²) in [5.74, 6) is 0.680. The van der Waals surface area contributed by atoms with E-state index in [-0.39, 0.29) is 0 Å². The van der Waals surface area contributed by atoms with Gasteiger partial charge >= 0.3 is 0 Å². The second-order valence-corrected chi connectivity index (χ2v) is 5.36. The van der Waals surface area contributed by atoms with Gasteiger partial charge in [0.2, 0.25) is 0 Å². The van der Waals surface area contributed by atoms with Crippen LogP contribution in [0, 0.1) is 5.92 Å². The van der Waals surface area contributed by atoms with E-state index in [1.54, 1.807) is 11.8 Å². The molecule has 0 amide bonds. The Morgan fingerprint density at radius 2 is 2.00 bits per heavy atom. The van der Waals surface area contributed by atoms with E-state index >= 15 is 0 Å². The van der Waals surface area contributed by atoms with Crippen LogP contribution in [0.2, 0.25) is 0 Å². The Bertz CT molecular complexity index is 298. The lowest BCUT2D eigenvalue weighted by molar-refractivity contribution is 0.489. The molecule has 0 saturated heterocycles. The van der Waals surface area contributed by atoms with Crippen LogP contribution in [0.15, 0.2) is 29.2 Å². The van der Waals surface area contributed by atoms with Crippen LogP contribution in [0.1, 0.15) is 18.9 Å². The van der Waals surface area contributed by atoms with Crippen LogP contribution in [0.4, 0.5) is 0 Å². The third-order valence-electron chi connectivity index (χ3n) is 2.90. The Hall–Kier alpha value is -0.510. The molecule has 0 aliphatic heterocycles. The Kier molecular flexibility index (Phi) is 7.33. The largest absolute Gasteiger partial charge is 0.330 e. The first-order valence-corrected chi connectivity index (χ1v) is 7.52. The second-order valence-electron chi connectivity index (χ2n) is 4.48. The molecule has 0 radical (unpaired) electrons. The van der Waals surface area contributed by atoms with Crippen LogP contribution in [0.25, 0.3) is 0 Å². The first-order valence-electron chi connectivity index (χ1n) is 6.30. The van der Waals surface area contributed by atoms with Gasteiger partial charge in [0.05, 0.1) is 0 Å². The SMILES string of the molecule is CSc1ccc(CCNCC(C)CCN)cc1. The molecule has 0 saturated carbocycles. The number of nitrogens with one attached hydrogen (secondary N) is 1. The third-order valence-corrected chi connectivity index (χ3v) is 3.65. The fourth-order valence-electron chi connectivity index (χ4n) is 1.76. The third kappa shape index (κ3) is 6.10. The molecule has 2 nitrogen and oxygen atoms in total. The second kappa shape index (κ2) is 8.56. The summed E-state index contributed by atoms with van der Waals surface area (Å²) in [7, 11) is 0. The molecule has 3 heteroatoms. The van der Waals surface area contributed by atoms with Gasteiger partial charge in [0, 0.05) is 4.90 Å². The quantitative estimate of drug-likeness (QED) is 0.551. The highest BCUT2D eigenvalue weighted by molar-refractivity contribution is 7.98. The summed E-state index contributed by atoms with van der Waals surface area (Å²) in [6, 6.07) is 8.82. The summed E-state index contributed by atoms with van der Waals surface area (Å²) < 4.78 is 0. The molecule has 0 aliphatic carbocycles. The number of benzene rings is 1. The Balaban J connectivity index is 2.17. The van der Waals surface area contributed by atoms with Crippen molar-refractivity contribution < 1.29 is 0 Å². The van der Waals surface area contributed by atoms with E-state index in [1.165, 1.54) is 10.5 Å². The van der Waals surface area contributed by atoms with E-state index in [4.69, 9.17) is 5.73 Å². The van der Waals surface area contributed by atoms with Gasteiger partial charge in [-0.05, 0) is 62.3 Å². The molecule has 0 fully saturated rings. The Morgan fingerprint density at radius 3 is 2.59 bits per heavy atom. The fourth-order valence-corrected chi connectivity index (χ4v) is 2.17. The van der Waals surface area contributed by atoms with Crippen molar-refractivity contribution in [2.24, 2.45) is 11.7 Å². The van der Waals surface area contributed by atoms with E-state index in [9.17, 15) is 0 Å². The molecule has 1 unspecified atom stereocenters. The highest BCUT2D eigenvalue weighted by Gasteiger charge is 1.99. The lowest BCUT2D eigenvalue weighted by atomic mass is 10.1. The van der Waals surface area contributed by atoms with E-state index in [0.29, 0.717) is 5.92 Å². The lowest BCUT2D eigenvalue weighted by Crippen LogP contribution is -2.24. The van der Waals surface area contributed by atoms with Gasteiger partial charge in [-0.3, -0.25) is 0 Å².